The lowest BCUT2D eigenvalue weighted by Crippen LogP contribution is -2.44. The summed E-state index contributed by atoms with van der Waals surface area (Å²) in [5.41, 5.74) is 5.71. The summed E-state index contributed by atoms with van der Waals surface area (Å²) in [4.78, 5) is 1.30. The third kappa shape index (κ3) is 2.55. The average molecular weight is 354 g/mol. The van der Waals surface area contributed by atoms with Crippen LogP contribution < -0.4 is 10.1 Å². The minimum atomic E-state index is 0.143. The quantitative estimate of drug-likeness (QED) is 0.717. The zero-order valence-electron chi connectivity index (χ0n) is 15.7. The first-order valence-electron chi connectivity index (χ1n) is 9.14. The molecular weight excluding hydrogens is 326 g/mol. The second kappa shape index (κ2) is 5.98. The van der Waals surface area contributed by atoms with Gasteiger partial charge in [0, 0.05) is 17.4 Å². The van der Waals surface area contributed by atoms with Crippen molar-refractivity contribution in [1.29, 1.82) is 0 Å². The van der Waals surface area contributed by atoms with E-state index in [4.69, 9.17) is 4.74 Å². The van der Waals surface area contributed by atoms with E-state index in [2.05, 4.69) is 69.4 Å². The van der Waals surface area contributed by atoms with Gasteiger partial charge in [-0.15, -0.1) is 11.8 Å². The molecule has 0 saturated carbocycles. The number of benzene rings is 2. The molecule has 1 N–H and O–H groups in total. The fourth-order valence-corrected chi connectivity index (χ4v) is 5.94. The van der Waals surface area contributed by atoms with E-state index < -0.39 is 0 Å². The molecular formula is C22H27NOS. The Kier molecular flexibility index (Phi) is 4.03. The summed E-state index contributed by atoms with van der Waals surface area (Å²) in [5, 5.41) is 3.86. The van der Waals surface area contributed by atoms with Crippen molar-refractivity contribution >= 4 is 17.4 Å². The summed E-state index contributed by atoms with van der Waals surface area (Å²) in [7, 11) is 1.77. The summed E-state index contributed by atoms with van der Waals surface area (Å²) < 4.78 is 5.61. The molecule has 0 saturated heterocycles. The molecule has 2 nitrogen and oxygen atoms in total. The highest BCUT2D eigenvalue weighted by Crippen LogP contribution is 2.55. The van der Waals surface area contributed by atoms with Crippen molar-refractivity contribution in [3.63, 3.8) is 0 Å². The molecule has 132 valence electrons. The monoisotopic (exact) mass is 353 g/mol. The van der Waals surface area contributed by atoms with E-state index in [9.17, 15) is 0 Å². The van der Waals surface area contributed by atoms with Gasteiger partial charge in [0.15, 0.2) is 0 Å². The molecule has 0 fully saturated rings. The Morgan fingerprint density at radius 1 is 1.20 bits per heavy atom. The van der Waals surface area contributed by atoms with Gasteiger partial charge in [-0.25, -0.2) is 0 Å². The van der Waals surface area contributed by atoms with Crippen LogP contribution in [0, 0.1) is 5.92 Å². The molecule has 25 heavy (non-hydrogen) atoms. The number of methoxy groups -OCH3 is 1. The van der Waals surface area contributed by atoms with Crippen molar-refractivity contribution in [3.05, 3.63) is 53.1 Å². The number of anilines is 1. The van der Waals surface area contributed by atoms with Gasteiger partial charge in [-0.3, -0.25) is 0 Å². The Balaban J connectivity index is 1.83. The predicted octanol–water partition coefficient (Wildman–Crippen LogP) is 5.98. The lowest BCUT2D eigenvalue weighted by Gasteiger charge is -2.49. The highest BCUT2D eigenvalue weighted by atomic mass is 32.2. The second-order valence-corrected chi connectivity index (χ2v) is 9.13. The van der Waals surface area contributed by atoms with Gasteiger partial charge in [-0.1, -0.05) is 52.0 Å². The van der Waals surface area contributed by atoms with Crippen molar-refractivity contribution in [2.75, 3.05) is 18.2 Å². The van der Waals surface area contributed by atoms with Crippen molar-refractivity contribution in [1.82, 2.24) is 0 Å². The van der Waals surface area contributed by atoms with Crippen molar-refractivity contribution in [2.45, 2.75) is 50.0 Å². The van der Waals surface area contributed by atoms with E-state index in [-0.39, 0.29) is 5.41 Å². The Morgan fingerprint density at radius 3 is 2.72 bits per heavy atom. The molecule has 2 atom stereocenters. The summed E-state index contributed by atoms with van der Waals surface area (Å²) in [6.07, 6.45) is 0. The molecule has 2 aromatic rings. The largest absolute Gasteiger partial charge is 0.496 e. The fourth-order valence-electron chi connectivity index (χ4n) is 4.33. The lowest BCUT2D eigenvalue weighted by atomic mass is 9.66. The van der Waals surface area contributed by atoms with E-state index in [0.29, 0.717) is 17.9 Å². The minimum Gasteiger partial charge on any atom is -0.496 e. The maximum atomic E-state index is 5.61. The Bertz CT molecular complexity index is 812. The maximum absolute atomic E-state index is 5.61. The van der Waals surface area contributed by atoms with E-state index in [1.54, 1.807) is 7.11 Å². The predicted molar refractivity (Wildman–Crippen MR) is 107 cm³/mol. The van der Waals surface area contributed by atoms with Crippen LogP contribution in [0.25, 0.3) is 0 Å². The fraction of sp³-hybridized carbons (Fsp3) is 0.455. The normalized spacial score (nSPS) is 23.3. The molecule has 0 bridgehead atoms. The molecule has 2 aliphatic rings. The van der Waals surface area contributed by atoms with Gasteiger partial charge in [0.05, 0.1) is 18.0 Å². The van der Waals surface area contributed by atoms with Crippen LogP contribution in [0.4, 0.5) is 5.69 Å². The van der Waals surface area contributed by atoms with Gasteiger partial charge in [-0.05, 0) is 40.2 Å². The number of hydrogen-bond acceptors (Lipinski definition) is 3. The number of rotatable bonds is 2. The van der Waals surface area contributed by atoms with Crippen LogP contribution in [0.5, 0.6) is 5.75 Å². The number of thioether (sulfide) groups is 1. The van der Waals surface area contributed by atoms with Crippen molar-refractivity contribution in [3.8, 4) is 5.75 Å². The molecule has 2 aliphatic heterocycles. The lowest BCUT2D eigenvalue weighted by molar-refractivity contribution is 0.291. The van der Waals surface area contributed by atoms with Crippen LogP contribution in [0.2, 0.25) is 0 Å². The summed E-state index contributed by atoms with van der Waals surface area (Å²) in [6, 6.07) is 13.8. The summed E-state index contributed by atoms with van der Waals surface area (Å²) in [6.45, 7) is 9.37. The van der Waals surface area contributed by atoms with Gasteiger partial charge in [0.1, 0.15) is 5.75 Å². The van der Waals surface area contributed by atoms with E-state index in [1.165, 1.54) is 27.3 Å². The van der Waals surface area contributed by atoms with E-state index in [1.807, 2.05) is 11.8 Å². The van der Waals surface area contributed by atoms with Gasteiger partial charge in [-0.2, -0.15) is 0 Å². The number of nitrogens with one attached hydrogen (secondary N) is 1. The highest BCUT2D eigenvalue weighted by molar-refractivity contribution is 7.99. The van der Waals surface area contributed by atoms with Gasteiger partial charge in [0.25, 0.3) is 0 Å². The molecule has 0 radical (unpaired) electrons. The van der Waals surface area contributed by atoms with Crippen LogP contribution >= 0.6 is 11.8 Å². The van der Waals surface area contributed by atoms with E-state index >= 15 is 0 Å². The molecule has 2 heterocycles. The maximum Gasteiger partial charge on any atom is 0.132 e. The third-order valence-electron chi connectivity index (χ3n) is 6.02. The Hall–Kier alpha value is -1.61. The molecule has 0 spiro atoms. The van der Waals surface area contributed by atoms with Crippen molar-refractivity contribution < 1.29 is 4.74 Å². The molecule has 3 heteroatoms. The van der Waals surface area contributed by atoms with Gasteiger partial charge >= 0.3 is 0 Å². The zero-order valence-corrected chi connectivity index (χ0v) is 16.5. The molecule has 0 unspecified atom stereocenters. The molecule has 0 aliphatic carbocycles. The standard InChI is InChI=1S/C22H27NOS/c1-13(2)14-9-10-18-16(11-14)22(3,4)17-12-25-21-15(20(17)23-18)7-6-8-19(21)24-5/h6-11,13,17,20,23H,12H2,1-5H3/t17-,20-/m1/s1. The summed E-state index contributed by atoms with van der Waals surface area (Å²) in [5.74, 6) is 3.24. The van der Waals surface area contributed by atoms with Crippen LogP contribution in [-0.4, -0.2) is 12.9 Å². The highest BCUT2D eigenvalue weighted by Gasteiger charge is 2.46. The second-order valence-electron chi connectivity index (χ2n) is 8.10. The van der Waals surface area contributed by atoms with E-state index in [0.717, 1.165) is 11.5 Å². The molecule has 0 amide bonds. The van der Waals surface area contributed by atoms with Crippen LogP contribution in [0.15, 0.2) is 41.3 Å². The van der Waals surface area contributed by atoms with Gasteiger partial charge in [0.2, 0.25) is 0 Å². The Labute approximate surface area is 155 Å². The molecule has 0 aromatic heterocycles. The molecule has 4 rings (SSSR count). The van der Waals surface area contributed by atoms with Gasteiger partial charge < -0.3 is 10.1 Å². The Morgan fingerprint density at radius 2 is 2.00 bits per heavy atom. The topological polar surface area (TPSA) is 21.3 Å². The third-order valence-corrected chi connectivity index (χ3v) is 7.27. The van der Waals surface area contributed by atoms with Crippen LogP contribution in [0.1, 0.15) is 56.3 Å². The number of hydrogen-bond donors (Lipinski definition) is 1. The number of ether oxygens (including phenoxy) is 1. The van der Waals surface area contributed by atoms with Crippen molar-refractivity contribution in [2.24, 2.45) is 5.92 Å². The first kappa shape index (κ1) is 16.8. The first-order valence-corrected chi connectivity index (χ1v) is 10.1. The zero-order chi connectivity index (χ0) is 17.8. The minimum absolute atomic E-state index is 0.143. The van der Waals surface area contributed by atoms with Crippen LogP contribution in [0.3, 0.4) is 0 Å². The number of fused-ring (bicyclic) bond motifs is 4. The first-order chi connectivity index (χ1) is 11.9. The smallest absolute Gasteiger partial charge is 0.132 e. The SMILES string of the molecule is COc1cccc2c1SC[C@@H]1[C@@H]2Nc2ccc(C(C)C)cc2C1(C)C. The average Bonchev–Trinajstić information content (AvgIpc) is 2.60. The molecule has 2 aromatic carbocycles. The van der Waals surface area contributed by atoms with Crippen LogP contribution in [-0.2, 0) is 5.41 Å². The summed E-state index contributed by atoms with van der Waals surface area (Å²) >= 11 is 1.95.